The number of Topliss-reactive ketones (excluding diaryl/α,β-unsaturated/α-hetero) is 1. The summed E-state index contributed by atoms with van der Waals surface area (Å²) < 4.78 is 5.86. The van der Waals surface area contributed by atoms with Crippen LogP contribution in [0.2, 0.25) is 0 Å². The number of nitriles is 1. The van der Waals surface area contributed by atoms with E-state index >= 15 is 0 Å². The molecule has 4 nitrogen and oxygen atoms in total. The molecule has 0 aliphatic rings. The average Bonchev–Trinajstić information content (AvgIpc) is 3.62. The maximum absolute atomic E-state index is 12.9. The molecule has 0 radical (unpaired) electrons. The van der Waals surface area contributed by atoms with E-state index in [-0.39, 0.29) is 18.3 Å². The molecule has 0 N–H and O–H groups in total. The minimum atomic E-state index is -0.204. The summed E-state index contributed by atoms with van der Waals surface area (Å²) in [6.07, 6.45) is 0. The Morgan fingerprint density at radius 3 is 2.18 bits per heavy atom. The lowest BCUT2D eigenvalue weighted by Crippen LogP contribution is -2.13. The van der Waals surface area contributed by atoms with Crippen molar-refractivity contribution in [2.45, 2.75) is 0 Å². The predicted octanol–water partition coefficient (Wildman–Crippen LogP) is 7.34. The average molecular weight is 479 g/mol. The molecule has 0 saturated carbocycles. The second kappa shape index (κ2) is 9.84. The van der Waals surface area contributed by atoms with Gasteiger partial charge in [-0.15, -0.1) is 22.7 Å². The van der Waals surface area contributed by atoms with Crippen molar-refractivity contribution in [1.82, 2.24) is 4.98 Å². The maximum atomic E-state index is 12.9. The highest BCUT2D eigenvalue weighted by Crippen LogP contribution is 2.36. The van der Waals surface area contributed by atoms with E-state index in [2.05, 4.69) is 11.1 Å². The van der Waals surface area contributed by atoms with Crippen molar-refractivity contribution in [2.24, 2.45) is 0 Å². The molecular weight excluding hydrogens is 460 g/mol. The molecule has 0 amide bonds. The zero-order valence-corrected chi connectivity index (χ0v) is 19.6. The highest BCUT2D eigenvalue weighted by atomic mass is 32.1. The first kappa shape index (κ1) is 21.8. The topological polar surface area (TPSA) is 63.0 Å². The minimum Gasteiger partial charge on any atom is -0.468 e. The first-order valence-corrected chi connectivity index (χ1v) is 12.3. The van der Waals surface area contributed by atoms with E-state index in [0.29, 0.717) is 16.8 Å². The zero-order valence-electron chi connectivity index (χ0n) is 18.0. The van der Waals surface area contributed by atoms with Gasteiger partial charge in [0.2, 0.25) is 5.88 Å². The van der Waals surface area contributed by atoms with E-state index in [1.54, 1.807) is 34.8 Å². The fraction of sp³-hybridized carbons (Fsp3) is 0.0357. The molecule has 3 aromatic heterocycles. The Bertz CT molecular complexity index is 1450. The molecule has 2 aromatic carbocycles. The van der Waals surface area contributed by atoms with Gasteiger partial charge in [0.1, 0.15) is 11.6 Å². The van der Waals surface area contributed by atoms with Crippen LogP contribution in [-0.4, -0.2) is 17.4 Å². The number of ketones is 1. The second-order valence-corrected chi connectivity index (χ2v) is 9.35. The molecule has 0 spiro atoms. The van der Waals surface area contributed by atoms with Gasteiger partial charge in [0, 0.05) is 16.0 Å². The molecule has 34 heavy (non-hydrogen) atoms. The first-order valence-electron chi connectivity index (χ1n) is 10.6. The van der Waals surface area contributed by atoms with Gasteiger partial charge in [-0.1, -0.05) is 66.7 Å². The molecule has 0 atom stereocenters. The van der Waals surface area contributed by atoms with Crippen LogP contribution in [0.1, 0.15) is 15.9 Å². The zero-order chi connectivity index (χ0) is 23.3. The standard InChI is InChI=1S/C28H18N2O2S2/c29-17-23-22(26-8-4-14-33-26)16-24(27-9-5-15-34-27)30-28(23)32-18-25(31)21-12-10-20(11-13-21)19-6-2-1-3-7-19/h1-16H,18H2. The molecule has 0 unspecified atom stereocenters. The van der Waals surface area contributed by atoms with Gasteiger partial charge in [-0.3, -0.25) is 4.79 Å². The Morgan fingerprint density at radius 1 is 0.853 bits per heavy atom. The fourth-order valence-electron chi connectivity index (χ4n) is 3.61. The van der Waals surface area contributed by atoms with Gasteiger partial charge >= 0.3 is 0 Å². The molecule has 0 bridgehead atoms. The van der Waals surface area contributed by atoms with Crippen LogP contribution in [-0.2, 0) is 0 Å². The van der Waals surface area contributed by atoms with Crippen molar-refractivity contribution in [1.29, 1.82) is 5.26 Å². The molecule has 0 aliphatic carbocycles. The maximum Gasteiger partial charge on any atom is 0.233 e. The van der Waals surface area contributed by atoms with Gasteiger partial charge in [-0.2, -0.15) is 5.26 Å². The lowest BCUT2D eigenvalue weighted by Gasteiger charge is -2.12. The molecule has 5 rings (SSSR count). The predicted molar refractivity (Wildman–Crippen MR) is 137 cm³/mol. The summed E-state index contributed by atoms with van der Waals surface area (Å²) in [5.74, 6) is -0.00411. The van der Waals surface area contributed by atoms with Crippen LogP contribution in [0.25, 0.3) is 32.1 Å². The Morgan fingerprint density at radius 2 is 1.53 bits per heavy atom. The largest absolute Gasteiger partial charge is 0.468 e. The monoisotopic (exact) mass is 478 g/mol. The van der Waals surface area contributed by atoms with Gasteiger partial charge in [-0.25, -0.2) is 4.98 Å². The number of thiophene rings is 2. The van der Waals surface area contributed by atoms with Crippen LogP contribution in [0.3, 0.4) is 0 Å². The third-order valence-corrected chi connectivity index (χ3v) is 7.11. The van der Waals surface area contributed by atoms with E-state index in [4.69, 9.17) is 4.74 Å². The normalized spacial score (nSPS) is 10.6. The van der Waals surface area contributed by atoms with Crippen molar-refractivity contribution in [3.63, 3.8) is 0 Å². The summed E-state index contributed by atoms with van der Waals surface area (Å²) in [5.41, 5.74) is 4.47. The molecule has 0 aliphatic heterocycles. The van der Waals surface area contributed by atoms with Crippen LogP contribution < -0.4 is 4.74 Å². The first-order chi connectivity index (χ1) is 16.7. The van der Waals surface area contributed by atoms with Crippen LogP contribution >= 0.6 is 22.7 Å². The lowest BCUT2D eigenvalue weighted by molar-refractivity contribution is 0.0918. The highest BCUT2D eigenvalue weighted by molar-refractivity contribution is 7.14. The van der Waals surface area contributed by atoms with E-state index in [0.717, 1.165) is 26.4 Å². The van der Waals surface area contributed by atoms with Crippen molar-refractivity contribution in [2.75, 3.05) is 6.61 Å². The van der Waals surface area contributed by atoms with Gasteiger partial charge in [0.05, 0.1) is 10.6 Å². The Kier molecular flexibility index (Phi) is 6.30. The van der Waals surface area contributed by atoms with E-state index in [1.807, 2.05) is 83.6 Å². The Balaban J connectivity index is 1.42. The SMILES string of the molecule is N#Cc1c(-c2cccs2)cc(-c2cccs2)nc1OCC(=O)c1ccc(-c2ccccc2)cc1. The third-order valence-electron chi connectivity index (χ3n) is 5.31. The number of hydrogen-bond acceptors (Lipinski definition) is 6. The molecule has 5 aromatic rings. The smallest absolute Gasteiger partial charge is 0.233 e. The molecule has 6 heteroatoms. The van der Waals surface area contributed by atoms with Gasteiger partial charge in [-0.05, 0) is 40.1 Å². The lowest BCUT2D eigenvalue weighted by atomic mass is 10.0. The number of ether oxygens (including phenoxy) is 1. The molecule has 3 heterocycles. The van der Waals surface area contributed by atoms with Crippen LogP contribution in [0, 0.1) is 11.3 Å². The summed E-state index contributed by atoms with van der Waals surface area (Å²) >= 11 is 3.10. The summed E-state index contributed by atoms with van der Waals surface area (Å²) in [6, 6.07) is 29.4. The van der Waals surface area contributed by atoms with E-state index < -0.39 is 0 Å². The minimum absolute atomic E-state index is 0.172. The van der Waals surface area contributed by atoms with Crippen LogP contribution in [0.5, 0.6) is 5.88 Å². The van der Waals surface area contributed by atoms with Crippen molar-refractivity contribution < 1.29 is 9.53 Å². The summed E-state index contributed by atoms with van der Waals surface area (Å²) in [4.78, 5) is 19.4. The number of pyridine rings is 1. The molecule has 0 saturated heterocycles. The van der Waals surface area contributed by atoms with E-state index in [9.17, 15) is 10.1 Å². The number of carbonyl (C=O) groups is 1. The van der Waals surface area contributed by atoms with Crippen molar-refractivity contribution >= 4 is 28.5 Å². The number of benzene rings is 2. The molecule has 164 valence electrons. The fourth-order valence-corrected chi connectivity index (χ4v) is 5.04. The van der Waals surface area contributed by atoms with Gasteiger partial charge < -0.3 is 4.74 Å². The molecular formula is C28H18N2O2S2. The van der Waals surface area contributed by atoms with Crippen molar-refractivity contribution in [3.05, 3.63) is 107 Å². The Hall–Kier alpha value is -4.05. The quantitative estimate of drug-likeness (QED) is 0.230. The third kappa shape index (κ3) is 4.53. The number of aromatic nitrogens is 1. The summed E-state index contributed by atoms with van der Waals surface area (Å²) in [6.45, 7) is -0.204. The van der Waals surface area contributed by atoms with Gasteiger partial charge in [0.25, 0.3) is 0 Å². The number of hydrogen-bond donors (Lipinski definition) is 0. The van der Waals surface area contributed by atoms with Crippen LogP contribution in [0.4, 0.5) is 0 Å². The number of rotatable bonds is 7. The summed E-state index contributed by atoms with van der Waals surface area (Å²) in [5, 5.41) is 13.8. The Labute approximate surface area is 205 Å². The number of nitrogens with zero attached hydrogens (tertiary/aromatic N) is 2. The van der Waals surface area contributed by atoms with Crippen molar-refractivity contribution in [3.8, 4) is 44.1 Å². The summed E-state index contributed by atoms with van der Waals surface area (Å²) in [7, 11) is 0. The van der Waals surface area contributed by atoms with Crippen LogP contribution in [0.15, 0.2) is 95.7 Å². The second-order valence-electron chi connectivity index (χ2n) is 7.46. The molecule has 0 fully saturated rings. The highest BCUT2D eigenvalue weighted by Gasteiger charge is 2.19. The van der Waals surface area contributed by atoms with Gasteiger partial charge in [0.15, 0.2) is 12.4 Å². The van der Waals surface area contributed by atoms with E-state index in [1.165, 1.54) is 0 Å². The number of carbonyl (C=O) groups excluding carboxylic acids is 1.